The van der Waals surface area contributed by atoms with E-state index in [1.807, 2.05) is 0 Å². The van der Waals surface area contributed by atoms with Gasteiger partial charge in [-0.1, -0.05) is 0 Å². The van der Waals surface area contributed by atoms with Gasteiger partial charge in [0, 0.05) is 16.5 Å². The van der Waals surface area contributed by atoms with Gasteiger partial charge in [-0.25, -0.2) is 4.39 Å². The maximum atomic E-state index is 12.8. The average Bonchev–Trinajstić information content (AvgIpc) is 2.17. The minimum atomic E-state index is -1.07. The minimum Gasteiger partial charge on any atom is -0.287 e. The molecule has 0 aliphatic carbocycles. The van der Waals surface area contributed by atoms with Crippen LogP contribution in [0, 0.1) is 15.9 Å². The number of carbonyl (C=O) groups excluding carboxylic acids is 1. The summed E-state index contributed by atoms with van der Waals surface area (Å²) in [6.45, 7) is 0. The molecule has 0 unspecified atom stereocenters. The van der Waals surface area contributed by atoms with E-state index in [1.165, 1.54) is 0 Å². The van der Waals surface area contributed by atoms with Crippen LogP contribution in [0.4, 0.5) is 10.1 Å². The van der Waals surface area contributed by atoms with Crippen LogP contribution >= 0.6 is 0 Å². The summed E-state index contributed by atoms with van der Waals surface area (Å²) in [4.78, 5) is 22.6. The first-order valence-electron chi connectivity index (χ1n) is 3.59. The highest BCUT2D eigenvalue weighted by Gasteiger charge is 2.13. The molecule has 1 rings (SSSR count). The Kier molecular flexibility index (Phi) is 2.94. The van der Waals surface area contributed by atoms with E-state index in [1.54, 1.807) is 0 Å². The van der Waals surface area contributed by atoms with Crippen LogP contribution in [-0.4, -0.2) is 10.8 Å². The number of carbonyl (C=O) groups is 1. The van der Waals surface area contributed by atoms with Gasteiger partial charge < -0.3 is 0 Å². The van der Waals surface area contributed by atoms with Crippen LogP contribution in [0.1, 0.15) is 10.4 Å². The number of amides is 1. The summed E-state index contributed by atoms with van der Waals surface area (Å²) in [5.41, 5.74) is 7.02. The zero-order valence-electron chi connectivity index (χ0n) is 7.12. The summed E-state index contributed by atoms with van der Waals surface area (Å²) in [5.74, 6) is -2.01. The standard InChI is InChI=1S/C7H3FN4O3/c8-5-1-4(7(13)10-11-9)2-6(3-5)12(14)15/h1-3H. The second-order valence-electron chi connectivity index (χ2n) is 2.45. The molecular weight excluding hydrogens is 207 g/mol. The Bertz CT molecular complexity index is 481. The van der Waals surface area contributed by atoms with Crippen molar-refractivity contribution in [1.29, 1.82) is 0 Å². The zero-order chi connectivity index (χ0) is 11.4. The molecule has 0 aromatic heterocycles. The molecule has 0 aliphatic heterocycles. The third-order valence-electron chi connectivity index (χ3n) is 1.48. The van der Waals surface area contributed by atoms with Crippen LogP contribution in [0.5, 0.6) is 0 Å². The molecule has 1 aromatic rings. The predicted molar refractivity (Wildman–Crippen MR) is 46.5 cm³/mol. The largest absolute Gasteiger partial charge is 0.287 e. The fraction of sp³-hybridized carbons (Fsp3) is 0. The quantitative estimate of drug-likeness (QED) is 0.245. The Balaban J connectivity index is 3.25. The first-order chi connectivity index (χ1) is 7.04. The number of nitro benzene ring substituents is 1. The summed E-state index contributed by atoms with van der Waals surface area (Å²) >= 11 is 0. The molecule has 0 spiro atoms. The lowest BCUT2D eigenvalue weighted by Gasteiger charge is -1.96. The van der Waals surface area contributed by atoms with Gasteiger partial charge >= 0.3 is 0 Å². The minimum absolute atomic E-state index is 0.362. The Labute approximate surface area is 81.9 Å². The van der Waals surface area contributed by atoms with E-state index in [4.69, 9.17) is 5.53 Å². The first kappa shape index (κ1) is 10.6. The molecule has 15 heavy (non-hydrogen) atoms. The van der Waals surface area contributed by atoms with Gasteiger partial charge in [-0.3, -0.25) is 14.9 Å². The van der Waals surface area contributed by atoms with E-state index < -0.39 is 22.3 Å². The molecule has 0 heterocycles. The van der Waals surface area contributed by atoms with Crippen LogP contribution in [0.25, 0.3) is 10.4 Å². The van der Waals surface area contributed by atoms with Crippen molar-refractivity contribution >= 4 is 11.6 Å². The lowest BCUT2D eigenvalue weighted by molar-refractivity contribution is -0.385. The number of benzene rings is 1. The third kappa shape index (κ3) is 2.48. The van der Waals surface area contributed by atoms with Gasteiger partial charge in [0.25, 0.3) is 5.69 Å². The van der Waals surface area contributed by atoms with Gasteiger partial charge in [-0.15, -0.1) is 0 Å². The summed E-state index contributed by atoms with van der Waals surface area (Å²) in [7, 11) is 0. The zero-order valence-corrected chi connectivity index (χ0v) is 7.12. The van der Waals surface area contributed by atoms with Gasteiger partial charge in [-0.2, -0.15) is 0 Å². The van der Waals surface area contributed by atoms with Crippen molar-refractivity contribution in [3.63, 3.8) is 0 Å². The second kappa shape index (κ2) is 4.16. The van der Waals surface area contributed by atoms with E-state index >= 15 is 0 Å². The number of nitro groups is 1. The van der Waals surface area contributed by atoms with Crippen LogP contribution in [0.15, 0.2) is 23.3 Å². The van der Waals surface area contributed by atoms with E-state index in [9.17, 15) is 19.3 Å². The highest BCUT2D eigenvalue weighted by atomic mass is 19.1. The van der Waals surface area contributed by atoms with Gasteiger partial charge in [-0.05, 0) is 16.7 Å². The molecule has 0 saturated carbocycles. The van der Waals surface area contributed by atoms with Crippen molar-refractivity contribution in [2.45, 2.75) is 0 Å². The maximum Gasteiger partial charge on any atom is 0.273 e. The molecule has 0 atom stereocenters. The van der Waals surface area contributed by atoms with Gasteiger partial charge in [0.1, 0.15) is 5.82 Å². The van der Waals surface area contributed by atoms with Gasteiger partial charge in [0.2, 0.25) is 5.91 Å². The summed E-state index contributed by atoms with van der Waals surface area (Å²) in [5, 5.41) is 13.0. The number of nitrogens with zero attached hydrogens (tertiary/aromatic N) is 4. The maximum absolute atomic E-state index is 12.8. The molecule has 0 bridgehead atoms. The molecule has 0 N–H and O–H groups in total. The highest BCUT2D eigenvalue weighted by Crippen LogP contribution is 2.16. The van der Waals surface area contributed by atoms with E-state index in [0.717, 1.165) is 12.1 Å². The Morgan fingerprint density at radius 2 is 2.20 bits per heavy atom. The molecule has 0 aliphatic rings. The Morgan fingerprint density at radius 1 is 1.53 bits per heavy atom. The number of hydrogen-bond donors (Lipinski definition) is 0. The summed E-state index contributed by atoms with van der Waals surface area (Å²) in [6.07, 6.45) is 0. The van der Waals surface area contributed by atoms with Crippen molar-refractivity contribution in [2.24, 2.45) is 5.11 Å². The topological polar surface area (TPSA) is 109 Å². The molecule has 0 fully saturated rings. The molecule has 76 valence electrons. The van der Waals surface area contributed by atoms with E-state index in [0.29, 0.717) is 6.07 Å². The van der Waals surface area contributed by atoms with Crippen molar-refractivity contribution in [2.75, 3.05) is 0 Å². The van der Waals surface area contributed by atoms with Gasteiger partial charge in [0.05, 0.1) is 11.0 Å². The van der Waals surface area contributed by atoms with Gasteiger partial charge in [0.15, 0.2) is 0 Å². The fourth-order valence-corrected chi connectivity index (χ4v) is 0.901. The molecular formula is C7H3FN4O3. The lowest BCUT2D eigenvalue weighted by atomic mass is 10.2. The van der Waals surface area contributed by atoms with Crippen LogP contribution in [0.2, 0.25) is 0 Å². The second-order valence-corrected chi connectivity index (χ2v) is 2.45. The highest BCUT2D eigenvalue weighted by molar-refractivity contribution is 5.95. The van der Waals surface area contributed by atoms with Crippen LogP contribution in [-0.2, 0) is 0 Å². The molecule has 7 nitrogen and oxygen atoms in total. The molecule has 1 aromatic carbocycles. The lowest BCUT2D eigenvalue weighted by Crippen LogP contribution is -1.97. The molecule has 1 amide bonds. The van der Waals surface area contributed by atoms with Crippen LogP contribution in [0.3, 0.4) is 0 Å². The normalized spacial score (nSPS) is 9.13. The smallest absolute Gasteiger partial charge is 0.273 e. The predicted octanol–water partition coefficient (Wildman–Crippen LogP) is 2.18. The Hall–Kier alpha value is -2.47. The number of halogens is 1. The van der Waals surface area contributed by atoms with Crippen molar-refractivity contribution in [3.8, 4) is 0 Å². The van der Waals surface area contributed by atoms with Crippen LogP contribution < -0.4 is 0 Å². The average molecular weight is 210 g/mol. The molecule has 8 heteroatoms. The number of non-ortho nitro benzene ring substituents is 1. The van der Waals surface area contributed by atoms with E-state index in [2.05, 4.69) is 10.0 Å². The summed E-state index contributed by atoms with van der Waals surface area (Å²) < 4.78 is 12.8. The monoisotopic (exact) mass is 210 g/mol. The van der Waals surface area contributed by atoms with E-state index in [-0.39, 0.29) is 5.56 Å². The SMILES string of the molecule is [N-]=[N+]=NC(=O)c1cc(F)cc([N+](=O)[O-])c1. The fourth-order valence-electron chi connectivity index (χ4n) is 0.901. The number of rotatable bonds is 2. The summed E-state index contributed by atoms with van der Waals surface area (Å²) in [6, 6.07) is 2.25. The van der Waals surface area contributed by atoms with Crippen molar-refractivity contribution < 1.29 is 14.1 Å². The number of hydrogen-bond acceptors (Lipinski definition) is 3. The van der Waals surface area contributed by atoms with Crippen molar-refractivity contribution in [3.05, 3.63) is 50.1 Å². The third-order valence-corrected chi connectivity index (χ3v) is 1.48. The van der Waals surface area contributed by atoms with Crippen molar-refractivity contribution in [1.82, 2.24) is 0 Å². The number of azide groups is 1. The molecule has 0 radical (unpaired) electrons. The Morgan fingerprint density at radius 3 is 2.73 bits per heavy atom. The first-order valence-corrected chi connectivity index (χ1v) is 3.59. The molecule has 0 saturated heterocycles.